The standard InChI is InChI=1S/C22H30N2OS/c1-7-15(4)18-16(5)20(22(6)10-11-22)26-19(18)21(24-14(2)3)23-13-17-9-8-12-25-17/h8-9,12,23H,7,10-11,13H2,1-6H3/b18-15?,21-19+. The van der Waals surface area contributed by atoms with E-state index >= 15 is 0 Å². The lowest BCUT2D eigenvalue weighted by atomic mass is 10.0. The molecule has 0 bridgehead atoms. The van der Waals surface area contributed by atoms with Crippen molar-refractivity contribution < 1.29 is 4.42 Å². The molecule has 2 aromatic heterocycles. The summed E-state index contributed by atoms with van der Waals surface area (Å²) in [6.45, 7) is 13.9. The molecule has 1 N–H and O–H groups in total. The molecular formula is C22H30N2OS. The average molecular weight is 371 g/mol. The zero-order chi connectivity index (χ0) is 18.9. The van der Waals surface area contributed by atoms with Crippen LogP contribution in [0.25, 0.3) is 11.4 Å². The highest BCUT2D eigenvalue weighted by Crippen LogP contribution is 2.49. The van der Waals surface area contributed by atoms with Crippen LogP contribution in [0.3, 0.4) is 0 Å². The van der Waals surface area contributed by atoms with E-state index in [0.29, 0.717) is 12.0 Å². The quantitative estimate of drug-likeness (QED) is 0.754. The van der Waals surface area contributed by atoms with E-state index in [1.165, 1.54) is 38.6 Å². The maximum absolute atomic E-state index is 5.49. The fraction of sp³-hybridized carbons (Fsp3) is 0.500. The van der Waals surface area contributed by atoms with E-state index in [-0.39, 0.29) is 0 Å². The highest BCUT2D eigenvalue weighted by Gasteiger charge is 2.41. The summed E-state index contributed by atoms with van der Waals surface area (Å²) in [7, 11) is 0. The van der Waals surface area contributed by atoms with Crippen molar-refractivity contribution in [3.05, 3.63) is 44.3 Å². The number of nitrogens with zero attached hydrogens (tertiary/aromatic N) is 1. The Balaban J connectivity index is 2.22. The highest BCUT2D eigenvalue weighted by atomic mass is 32.1. The second-order valence-corrected chi connectivity index (χ2v) is 8.82. The molecule has 4 heteroatoms. The van der Waals surface area contributed by atoms with Crippen LogP contribution in [-0.2, 0) is 12.0 Å². The second-order valence-electron chi connectivity index (χ2n) is 7.80. The normalized spacial score (nSPS) is 17.6. The van der Waals surface area contributed by atoms with Crippen LogP contribution in [0.15, 0.2) is 27.8 Å². The molecule has 3 nitrogen and oxygen atoms in total. The number of hydrogen-bond donors (Lipinski definition) is 1. The van der Waals surface area contributed by atoms with E-state index in [1.54, 1.807) is 6.26 Å². The van der Waals surface area contributed by atoms with Crippen LogP contribution in [0, 0.1) is 6.92 Å². The third-order valence-corrected chi connectivity index (χ3v) is 6.82. The molecule has 1 fully saturated rings. The third-order valence-electron chi connectivity index (χ3n) is 5.21. The lowest BCUT2D eigenvalue weighted by Gasteiger charge is -2.06. The first-order valence-corrected chi connectivity index (χ1v) is 10.3. The van der Waals surface area contributed by atoms with Gasteiger partial charge in [-0.05, 0) is 69.9 Å². The Labute approximate surface area is 160 Å². The number of furan rings is 1. The Morgan fingerprint density at radius 3 is 2.58 bits per heavy atom. The topological polar surface area (TPSA) is 37.5 Å². The fourth-order valence-electron chi connectivity index (χ4n) is 3.34. The van der Waals surface area contributed by atoms with Crippen LogP contribution in [-0.4, -0.2) is 5.71 Å². The van der Waals surface area contributed by atoms with Gasteiger partial charge in [0.25, 0.3) is 0 Å². The smallest absolute Gasteiger partial charge is 0.144 e. The Bertz CT molecular complexity index is 924. The van der Waals surface area contributed by atoms with Gasteiger partial charge in [-0.1, -0.05) is 19.4 Å². The van der Waals surface area contributed by atoms with E-state index < -0.39 is 0 Å². The lowest BCUT2D eigenvalue weighted by Crippen LogP contribution is -2.30. The minimum absolute atomic E-state index is 0.368. The van der Waals surface area contributed by atoms with Gasteiger partial charge in [-0.2, -0.15) is 0 Å². The number of nitrogens with one attached hydrogen (secondary N) is 1. The van der Waals surface area contributed by atoms with E-state index in [4.69, 9.17) is 9.41 Å². The Morgan fingerprint density at radius 1 is 1.31 bits per heavy atom. The van der Waals surface area contributed by atoms with Crippen molar-refractivity contribution in [1.29, 1.82) is 0 Å². The summed E-state index contributed by atoms with van der Waals surface area (Å²) in [6, 6.07) is 3.92. The minimum atomic E-state index is 0.368. The summed E-state index contributed by atoms with van der Waals surface area (Å²) in [5.74, 6) is 1.89. The number of rotatable bonds is 6. The van der Waals surface area contributed by atoms with Gasteiger partial charge in [-0.3, -0.25) is 0 Å². The molecule has 0 radical (unpaired) electrons. The second kappa shape index (κ2) is 7.43. The van der Waals surface area contributed by atoms with Crippen LogP contribution in [0.1, 0.15) is 70.1 Å². The summed E-state index contributed by atoms with van der Waals surface area (Å²) >= 11 is 1.93. The van der Waals surface area contributed by atoms with Gasteiger partial charge in [0.2, 0.25) is 0 Å². The third kappa shape index (κ3) is 3.80. The molecule has 0 spiro atoms. The molecule has 1 saturated carbocycles. The molecule has 1 aliphatic rings. The zero-order valence-electron chi connectivity index (χ0n) is 16.8. The van der Waals surface area contributed by atoms with Gasteiger partial charge < -0.3 is 9.73 Å². The van der Waals surface area contributed by atoms with E-state index in [9.17, 15) is 0 Å². The van der Waals surface area contributed by atoms with Gasteiger partial charge in [-0.15, -0.1) is 11.3 Å². The molecular weight excluding hydrogens is 340 g/mol. The first-order valence-electron chi connectivity index (χ1n) is 9.48. The molecule has 3 rings (SSSR count). The Hall–Kier alpha value is -1.81. The van der Waals surface area contributed by atoms with Gasteiger partial charge in [0.15, 0.2) is 0 Å². The van der Waals surface area contributed by atoms with Gasteiger partial charge in [0.05, 0.1) is 17.3 Å². The first-order chi connectivity index (χ1) is 12.4. The van der Waals surface area contributed by atoms with Crippen molar-refractivity contribution >= 4 is 28.4 Å². The average Bonchev–Trinajstić information content (AvgIpc) is 3.01. The van der Waals surface area contributed by atoms with E-state index in [1.807, 2.05) is 37.3 Å². The molecule has 0 saturated heterocycles. The number of aliphatic imine (C=N–C) groups is 1. The number of hydrogen-bond acceptors (Lipinski definition) is 4. The zero-order valence-corrected chi connectivity index (χ0v) is 17.6. The maximum Gasteiger partial charge on any atom is 0.144 e. The van der Waals surface area contributed by atoms with Crippen LogP contribution < -0.4 is 15.1 Å². The van der Waals surface area contributed by atoms with Crippen LogP contribution >= 0.6 is 11.3 Å². The summed E-state index contributed by atoms with van der Waals surface area (Å²) in [6.07, 6.45) is 5.36. The summed E-state index contributed by atoms with van der Waals surface area (Å²) in [5.41, 5.74) is 4.31. The molecule has 0 atom stereocenters. The highest BCUT2D eigenvalue weighted by molar-refractivity contribution is 7.10. The molecule has 0 aromatic carbocycles. The Morgan fingerprint density at radius 2 is 2.04 bits per heavy atom. The first kappa shape index (κ1) is 19.0. The maximum atomic E-state index is 5.49. The minimum Gasteiger partial charge on any atom is -0.467 e. The van der Waals surface area contributed by atoms with Crippen LogP contribution in [0.2, 0.25) is 0 Å². The summed E-state index contributed by atoms with van der Waals surface area (Å²) < 4.78 is 6.77. The molecule has 140 valence electrons. The SMILES string of the molecule is CCC(C)=c1c(C)c(C2(C)CC2)s/c1=C(/N=C(C)C)NCc1ccco1. The monoisotopic (exact) mass is 370 g/mol. The van der Waals surface area contributed by atoms with Crippen LogP contribution in [0.5, 0.6) is 0 Å². The van der Waals surface area contributed by atoms with Gasteiger partial charge in [0.1, 0.15) is 11.6 Å². The lowest BCUT2D eigenvalue weighted by molar-refractivity contribution is 0.500. The van der Waals surface area contributed by atoms with Crippen molar-refractivity contribution in [2.45, 2.75) is 72.8 Å². The van der Waals surface area contributed by atoms with Crippen LogP contribution in [0.4, 0.5) is 0 Å². The fourth-order valence-corrected chi connectivity index (χ4v) is 4.89. The van der Waals surface area contributed by atoms with Crippen molar-refractivity contribution in [2.24, 2.45) is 4.99 Å². The van der Waals surface area contributed by atoms with E-state index in [0.717, 1.165) is 23.7 Å². The number of thiophene rings is 1. The van der Waals surface area contributed by atoms with Crippen molar-refractivity contribution in [3.63, 3.8) is 0 Å². The molecule has 2 aromatic rings. The molecule has 1 aliphatic carbocycles. The van der Waals surface area contributed by atoms with Crippen molar-refractivity contribution in [2.75, 3.05) is 0 Å². The summed E-state index contributed by atoms with van der Waals surface area (Å²) in [5, 5.41) is 4.93. The molecule has 26 heavy (non-hydrogen) atoms. The predicted molar refractivity (Wildman–Crippen MR) is 112 cm³/mol. The largest absolute Gasteiger partial charge is 0.467 e. The summed E-state index contributed by atoms with van der Waals surface area (Å²) in [4.78, 5) is 6.40. The van der Waals surface area contributed by atoms with Gasteiger partial charge in [0, 0.05) is 16.0 Å². The molecule has 0 aliphatic heterocycles. The van der Waals surface area contributed by atoms with Gasteiger partial charge in [-0.25, -0.2) is 4.99 Å². The molecule has 0 unspecified atom stereocenters. The van der Waals surface area contributed by atoms with Crippen molar-refractivity contribution in [1.82, 2.24) is 5.32 Å². The van der Waals surface area contributed by atoms with Crippen molar-refractivity contribution in [3.8, 4) is 0 Å². The van der Waals surface area contributed by atoms with Gasteiger partial charge >= 0.3 is 0 Å². The molecule has 0 amide bonds. The van der Waals surface area contributed by atoms with E-state index in [2.05, 4.69) is 33.0 Å². The molecule has 2 heterocycles. The predicted octanol–water partition coefficient (Wildman–Crippen LogP) is 4.62. The Kier molecular flexibility index (Phi) is 5.42.